The van der Waals surface area contributed by atoms with Gasteiger partial charge in [0.15, 0.2) is 0 Å². The molecule has 0 saturated carbocycles. The molecule has 2 amide bonds. The first-order valence-electron chi connectivity index (χ1n) is 7.33. The standard InChI is InChI=1S/C18H13BrN2O2/c19-11-4-3-5-12(8-11)21-17(22)9-14(18(21)23)15-10-20-16-7-2-1-6-13(15)16/h1-8,10,14,20H,9H2/t14-/m0/s1. The van der Waals surface area contributed by atoms with Gasteiger partial charge in [-0.1, -0.05) is 40.2 Å². The zero-order valence-corrected chi connectivity index (χ0v) is 13.7. The van der Waals surface area contributed by atoms with Crippen LogP contribution in [0.1, 0.15) is 17.9 Å². The second-order valence-corrected chi connectivity index (χ2v) is 6.51. The summed E-state index contributed by atoms with van der Waals surface area (Å²) in [4.78, 5) is 29.7. The molecule has 4 nitrogen and oxygen atoms in total. The molecule has 1 aromatic heterocycles. The lowest BCUT2D eigenvalue weighted by Gasteiger charge is -2.15. The number of halogens is 1. The molecule has 1 atom stereocenters. The molecule has 1 aliphatic rings. The van der Waals surface area contributed by atoms with Gasteiger partial charge in [-0.3, -0.25) is 9.59 Å². The summed E-state index contributed by atoms with van der Waals surface area (Å²) < 4.78 is 0.839. The van der Waals surface area contributed by atoms with E-state index < -0.39 is 5.92 Å². The van der Waals surface area contributed by atoms with Crippen molar-refractivity contribution in [3.05, 3.63) is 64.8 Å². The fraction of sp³-hybridized carbons (Fsp3) is 0.111. The molecule has 114 valence electrons. The number of imide groups is 1. The first-order valence-corrected chi connectivity index (χ1v) is 8.13. The zero-order valence-electron chi connectivity index (χ0n) is 12.1. The second kappa shape index (κ2) is 5.35. The number of amides is 2. The van der Waals surface area contributed by atoms with Crippen LogP contribution in [0, 0.1) is 0 Å². The molecule has 4 rings (SSSR count). The number of carbonyl (C=O) groups is 2. The van der Waals surface area contributed by atoms with Gasteiger partial charge in [-0.2, -0.15) is 0 Å². The molecule has 3 aromatic rings. The molecule has 1 N–H and O–H groups in total. The van der Waals surface area contributed by atoms with Crippen LogP contribution in [0.5, 0.6) is 0 Å². The minimum atomic E-state index is -0.433. The number of rotatable bonds is 2. The third-order valence-electron chi connectivity index (χ3n) is 4.21. The number of H-pyrrole nitrogens is 1. The van der Waals surface area contributed by atoms with Gasteiger partial charge in [0.25, 0.3) is 0 Å². The Bertz CT molecular complexity index is 931. The van der Waals surface area contributed by atoms with Gasteiger partial charge in [-0.05, 0) is 29.8 Å². The second-order valence-electron chi connectivity index (χ2n) is 5.59. The van der Waals surface area contributed by atoms with Gasteiger partial charge in [0.05, 0.1) is 11.6 Å². The number of hydrogen-bond acceptors (Lipinski definition) is 2. The Kier molecular flexibility index (Phi) is 3.31. The van der Waals surface area contributed by atoms with Crippen LogP contribution in [-0.2, 0) is 9.59 Å². The third-order valence-corrected chi connectivity index (χ3v) is 4.70. The predicted molar refractivity (Wildman–Crippen MR) is 92.3 cm³/mol. The SMILES string of the molecule is O=C1C[C@@H](c2c[nH]c3ccccc23)C(=O)N1c1cccc(Br)c1. The number of hydrogen-bond donors (Lipinski definition) is 1. The summed E-state index contributed by atoms with van der Waals surface area (Å²) in [6, 6.07) is 15.1. The van der Waals surface area contributed by atoms with Gasteiger partial charge in [0, 0.05) is 28.0 Å². The number of benzene rings is 2. The van der Waals surface area contributed by atoms with E-state index >= 15 is 0 Å². The molecule has 0 radical (unpaired) electrons. The van der Waals surface area contributed by atoms with E-state index in [4.69, 9.17) is 0 Å². The van der Waals surface area contributed by atoms with E-state index in [9.17, 15) is 9.59 Å². The van der Waals surface area contributed by atoms with Crippen molar-refractivity contribution in [2.45, 2.75) is 12.3 Å². The zero-order chi connectivity index (χ0) is 16.0. The summed E-state index contributed by atoms with van der Waals surface area (Å²) in [5.74, 6) is -0.765. The summed E-state index contributed by atoms with van der Waals surface area (Å²) in [6.07, 6.45) is 2.04. The Labute approximate surface area is 141 Å². The Hall–Kier alpha value is -2.40. The van der Waals surface area contributed by atoms with Crippen LogP contribution in [0.4, 0.5) is 5.69 Å². The van der Waals surface area contributed by atoms with Crippen LogP contribution in [0.2, 0.25) is 0 Å². The highest BCUT2D eigenvalue weighted by molar-refractivity contribution is 9.10. The minimum absolute atomic E-state index is 0.164. The first-order chi connectivity index (χ1) is 11.1. The topological polar surface area (TPSA) is 53.2 Å². The summed E-state index contributed by atoms with van der Waals surface area (Å²) in [7, 11) is 0. The van der Waals surface area contributed by atoms with Gasteiger partial charge < -0.3 is 4.98 Å². The molecule has 0 unspecified atom stereocenters. The summed E-state index contributed by atoms with van der Waals surface area (Å²) in [5.41, 5.74) is 2.47. The Morgan fingerprint density at radius 3 is 2.74 bits per heavy atom. The van der Waals surface area contributed by atoms with Crippen LogP contribution >= 0.6 is 15.9 Å². The molecule has 2 aromatic carbocycles. The third kappa shape index (κ3) is 2.28. The summed E-state index contributed by atoms with van der Waals surface area (Å²) in [5, 5.41) is 0.995. The van der Waals surface area contributed by atoms with Crippen LogP contribution in [0.15, 0.2) is 59.2 Å². The lowest BCUT2D eigenvalue weighted by molar-refractivity contribution is -0.121. The van der Waals surface area contributed by atoms with E-state index in [2.05, 4.69) is 20.9 Å². The van der Waals surface area contributed by atoms with Crippen molar-refractivity contribution < 1.29 is 9.59 Å². The van der Waals surface area contributed by atoms with E-state index in [1.165, 1.54) is 4.90 Å². The fourth-order valence-corrected chi connectivity index (χ4v) is 3.53. The van der Waals surface area contributed by atoms with Crippen LogP contribution < -0.4 is 4.90 Å². The number of aromatic amines is 1. The molecule has 2 heterocycles. The van der Waals surface area contributed by atoms with Crippen LogP contribution in [0.3, 0.4) is 0 Å². The lowest BCUT2D eigenvalue weighted by Crippen LogP contribution is -2.29. The number of anilines is 1. The molecule has 0 aliphatic carbocycles. The summed E-state index contributed by atoms with van der Waals surface area (Å²) >= 11 is 3.38. The van der Waals surface area contributed by atoms with Gasteiger partial charge in [-0.15, -0.1) is 0 Å². The van der Waals surface area contributed by atoms with Crippen molar-refractivity contribution in [2.75, 3.05) is 4.90 Å². The first kappa shape index (κ1) is 14.2. The largest absolute Gasteiger partial charge is 0.361 e. The maximum absolute atomic E-state index is 12.8. The average molecular weight is 369 g/mol. The lowest BCUT2D eigenvalue weighted by atomic mass is 9.97. The number of carbonyl (C=O) groups excluding carboxylic acids is 2. The normalized spacial score (nSPS) is 18.1. The van der Waals surface area contributed by atoms with Gasteiger partial charge in [0.2, 0.25) is 11.8 Å². The predicted octanol–water partition coefficient (Wildman–Crippen LogP) is 3.98. The van der Waals surface area contributed by atoms with E-state index in [1.807, 2.05) is 42.6 Å². The quantitative estimate of drug-likeness (QED) is 0.695. The number of fused-ring (bicyclic) bond motifs is 1. The molecular formula is C18H13BrN2O2. The van der Waals surface area contributed by atoms with E-state index in [0.29, 0.717) is 5.69 Å². The van der Waals surface area contributed by atoms with E-state index in [0.717, 1.165) is 20.9 Å². The molecule has 0 bridgehead atoms. The Morgan fingerprint density at radius 2 is 1.91 bits per heavy atom. The Balaban J connectivity index is 1.75. The number of para-hydroxylation sites is 1. The van der Waals surface area contributed by atoms with Crippen molar-refractivity contribution >= 4 is 44.3 Å². The number of nitrogens with zero attached hydrogens (tertiary/aromatic N) is 1. The average Bonchev–Trinajstić information content (AvgIpc) is 3.08. The van der Waals surface area contributed by atoms with Gasteiger partial charge >= 0.3 is 0 Å². The van der Waals surface area contributed by atoms with Crippen molar-refractivity contribution in [1.29, 1.82) is 0 Å². The molecule has 0 spiro atoms. The highest BCUT2D eigenvalue weighted by atomic mass is 79.9. The van der Waals surface area contributed by atoms with Crippen molar-refractivity contribution in [2.24, 2.45) is 0 Å². The van der Waals surface area contributed by atoms with E-state index in [-0.39, 0.29) is 18.2 Å². The van der Waals surface area contributed by atoms with Crippen LogP contribution in [0.25, 0.3) is 10.9 Å². The monoisotopic (exact) mass is 368 g/mol. The Morgan fingerprint density at radius 1 is 1.09 bits per heavy atom. The molecule has 1 aliphatic heterocycles. The van der Waals surface area contributed by atoms with Crippen molar-refractivity contribution in [1.82, 2.24) is 4.98 Å². The molecule has 23 heavy (non-hydrogen) atoms. The number of aromatic nitrogens is 1. The smallest absolute Gasteiger partial charge is 0.241 e. The van der Waals surface area contributed by atoms with Crippen molar-refractivity contribution in [3.8, 4) is 0 Å². The fourth-order valence-electron chi connectivity index (χ4n) is 3.14. The number of nitrogens with one attached hydrogen (secondary N) is 1. The minimum Gasteiger partial charge on any atom is -0.361 e. The molecule has 1 fully saturated rings. The molecule has 1 saturated heterocycles. The maximum Gasteiger partial charge on any atom is 0.241 e. The van der Waals surface area contributed by atoms with Crippen molar-refractivity contribution in [3.63, 3.8) is 0 Å². The highest BCUT2D eigenvalue weighted by Gasteiger charge is 2.41. The van der Waals surface area contributed by atoms with Gasteiger partial charge in [-0.25, -0.2) is 4.90 Å². The summed E-state index contributed by atoms with van der Waals surface area (Å²) in [6.45, 7) is 0. The van der Waals surface area contributed by atoms with Crippen LogP contribution in [-0.4, -0.2) is 16.8 Å². The van der Waals surface area contributed by atoms with E-state index in [1.54, 1.807) is 12.1 Å². The molecule has 5 heteroatoms. The highest BCUT2D eigenvalue weighted by Crippen LogP contribution is 2.36. The molecular weight excluding hydrogens is 356 g/mol. The maximum atomic E-state index is 12.8. The van der Waals surface area contributed by atoms with Gasteiger partial charge in [0.1, 0.15) is 0 Å².